The largest absolute Gasteiger partial charge is 0.337 e. The van der Waals surface area contributed by atoms with E-state index in [1.807, 2.05) is 19.1 Å². The average molecular weight is 271 g/mol. The summed E-state index contributed by atoms with van der Waals surface area (Å²) in [6.07, 6.45) is 5.10. The molecule has 1 aromatic rings. The number of rotatable bonds is 6. The molecule has 0 bridgehead atoms. The van der Waals surface area contributed by atoms with Gasteiger partial charge in [0.25, 0.3) is 0 Å². The molecule has 0 saturated heterocycles. The normalized spacial score (nSPS) is 9.94. The topological polar surface area (TPSA) is 32.3 Å². The Morgan fingerprint density at radius 1 is 1.65 bits per heavy atom. The molecule has 1 heterocycles. The standard InChI is InChI=1S/C12H15ClN2OS/c1-3-7-14-8-12(16)15(4-2)9-10-5-6-11(13)17-10/h1,5-6,14H,4,7-9H2,2H3. The molecule has 1 rings (SSSR count). The minimum atomic E-state index is 0.0484. The molecule has 1 aromatic heterocycles. The SMILES string of the molecule is C#CCNCC(=O)N(CC)Cc1ccc(Cl)s1. The second-order valence-corrected chi connectivity index (χ2v) is 5.22. The molecular weight excluding hydrogens is 256 g/mol. The number of likely N-dealkylation sites (N-methyl/N-ethyl adjacent to an activating group) is 1. The van der Waals surface area contributed by atoms with Crippen molar-refractivity contribution in [2.24, 2.45) is 0 Å². The molecule has 5 heteroatoms. The van der Waals surface area contributed by atoms with E-state index >= 15 is 0 Å². The zero-order valence-electron chi connectivity index (χ0n) is 9.70. The lowest BCUT2D eigenvalue weighted by molar-refractivity contribution is -0.130. The summed E-state index contributed by atoms with van der Waals surface area (Å²) in [5.74, 6) is 2.48. The smallest absolute Gasteiger partial charge is 0.236 e. The Morgan fingerprint density at radius 2 is 2.41 bits per heavy atom. The Morgan fingerprint density at radius 3 is 2.94 bits per heavy atom. The predicted octanol–water partition coefficient (Wildman–Crippen LogP) is 1.97. The minimum Gasteiger partial charge on any atom is -0.337 e. The molecule has 0 spiro atoms. The molecule has 0 fully saturated rings. The van der Waals surface area contributed by atoms with E-state index in [4.69, 9.17) is 18.0 Å². The molecule has 0 unspecified atom stereocenters. The van der Waals surface area contributed by atoms with Gasteiger partial charge in [-0.15, -0.1) is 17.8 Å². The van der Waals surface area contributed by atoms with E-state index in [0.29, 0.717) is 19.6 Å². The number of hydrogen-bond donors (Lipinski definition) is 1. The van der Waals surface area contributed by atoms with Gasteiger partial charge in [-0.1, -0.05) is 17.5 Å². The molecule has 0 radical (unpaired) electrons. The summed E-state index contributed by atoms with van der Waals surface area (Å²) in [5, 5.41) is 2.89. The quantitative estimate of drug-likeness (QED) is 0.633. The van der Waals surface area contributed by atoms with E-state index in [-0.39, 0.29) is 12.5 Å². The number of thiophene rings is 1. The van der Waals surface area contributed by atoms with E-state index in [2.05, 4.69) is 11.2 Å². The second kappa shape index (κ2) is 7.33. The van der Waals surface area contributed by atoms with Crippen LogP contribution in [0.25, 0.3) is 0 Å². The van der Waals surface area contributed by atoms with Gasteiger partial charge in [0.1, 0.15) is 0 Å². The van der Waals surface area contributed by atoms with Crippen LogP contribution >= 0.6 is 22.9 Å². The fourth-order valence-electron chi connectivity index (χ4n) is 1.35. The summed E-state index contributed by atoms with van der Waals surface area (Å²) in [6, 6.07) is 3.79. The van der Waals surface area contributed by atoms with Crippen molar-refractivity contribution in [3.05, 3.63) is 21.3 Å². The molecule has 0 aliphatic heterocycles. The third-order valence-corrected chi connectivity index (χ3v) is 3.43. The van der Waals surface area contributed by atoms with E-state index < -0.39 is 0 Å². The van der Waals surface area contributed by atoms with Crippen molar-refractivity contribution in [1.82, 2.24) is 10.2 Å². The molecule has 92 valence electrons. The predicted molar refractivity (Wildman–Crippen MR) is 72.1 cm³/mol. The maximum atomic E-state index is 11.8. The van der Waals surface area contributed by atoms with Crippen LogP contribution in [0.1, 0.15) is 11.8 Å². The molecule has 17 heavy (non-hydrogen) atoms. The van der Waals surface area contributed by atoms with Crippen molar-refractivity contribution in [2.75, 3.05) is 19.6 Å². The van der Waals surface area contributed by atoms with Crippen LogP contribution in [0.15, 0.2) is 12.1 Å². The summed E-state index contributed by atoms with van der Waals surface area (Å²) in [4.78, 5) is 14.7. The molecule has 3 nitrogen and oxygen atoms in total. The lowest BCUT2D eigenvalue weighted by Gasteiger charge is -2.20. The van der Waals surface area contributed by atoms with Gasteiger partial charge in [-0.2, -0.15) is 0 Å². The Bertz CT molecular complexity index is 411. The first-order valence-electron chi connectivity index (χ1n) is 5.33. The number of terminal acetylenes is 1. The van der Waals surface area contributed by atoms with E-state index in [9.17, 15) is 4.79 Å². The Balaban J connectivity index is 2.48. The van der Waals surface area contributed by atoms with E-state index in [1.54, 1.807) is 4.90 Å². The summed E-state index contributed by atoms with van der Waals surface area (Å²) >= 11 is 7.35. The van der Waals surface area contributed by atoms with Gasteiger partial charge in [-0.3, -0.25) is 10.1 Å². The van der Waals surface area contributed by atoms with Crippen molar-refractivity contribution in [3.63, 3.8) is 0 Å². The number of carbonyl (C=O) groups is 1. The van der Waals surface area contributed by atoms with Crippen molar-refractivity contribution in [2.45, 2.75) is 13.5 Å². The number of nitrogens with one attached hydrogen (secondary N) is 1. The number of nitrogens with zero attached hydrogens (tertiary/aromatic N) is 1. The molecule has 0 aliphatic carbocycles. The fraction of sp³-hybridized carbons (Fsp3) is 0.417. The van der Waals surface area contributed by atoms with Gasteiger partial charge < -0.3 is 4.90 Å². The Hall–Kier alpha value is -1.02. The van der Waals surface area contributed by atoms with Crippen molar-refractivity contribution >= 4 is 28.8 Å². The Kier molecular flexibility index (Phi) is 6.06. The van der Waals surface area contributed by atoms with Gasteiger partial charge >= 0.3 is 0 Å². The molecule has 0 aromatic carbocycles. The van der Waals surface area contributed by atoms with Crippen LogP contribution < -0.4 is 5.32 Å². The number of hydrogen-bond acceptors (Lipinski definition) is 3. The van der Waals surface area contributed by atoms with Crippen LogP contribution in [0, 0.1) is 12.3 Å². The monoisotopic (exact) mass is 270 g/mol. The Labute approximate surface area is 111 Å². The first kappa shape index (κ1) is 14.0. The van der Waals surface area contributed by atoms with Crippen molar-refractivity contribution in [3.8, 4) is 12.3 Å². The van der Waals surface area contributed by atoms with Gasteiger partial charge in [-0.05, 0) is 19.1 Å². The fourth-order valence-corrected chi connectivity index (χ4v) is 2.46. The van der Waals surface area contributed by atoms with Gasteiger partial charge in [0, 0.05) is 11.4 Å². The van der Waals surface area contributed by atoms with E-state index in [0.717, 1.165) is 9.21 Å². The van der Waals surface area contributed by atoms with Gasteiger partial charge in [0.15, 0.2) is 0 Å². The number of amides is 1. The number of carbonyl (C=O) groups excluding carboxylic acids is 1. The zero-order valence-corrected chi connectivity index (χ0v) is 11.3. The van der Waals surface area contributed by atoms with Crippen LogP contribution in [-0.4, -0.2) is 30.4 Å². The summed E-state index contributed by atoms with van der Waals surface area (Å²) < 4.78 is 0.744. The highest BCUT2D eigenvalue weighted by Gasteiger charge is 2.12. The first-order chi connectivity index (χ1) is 8.17. The second-order valence-electron chi connectivity index (χ2n) is 3.42. The third-order valence-electron chi connectivity index (χ3n) is 2.21. The lowest BCUT2D eigenvalue weighted by atomic mass is 10.4. The maximum Gasteiger partial charge on any atom is 0.236 e. The van der Waals surface area contributed by atoms with Crippen LogP contribution in [0.3, 0.4) is 0 Å². The van der Waals surface area contributed by atoms with Gasteiger partial charge in [0.2, 0.25) is 5.91 Å². The van der Waals surface area contributed by atoms with Gasteiger partial charge in [-0.25, -0.2) is 0 Å². The van der Waals surface area contributed by atoms with E-state index in [1.165, 1.54) is 11.3 Å². The van der Waals surface area contributed by atoms with Gasteiger partial charge in [0.05, 0.1) is 24.0 Å². The highest BCUT2D eigenvalue weighted by atomic mass is 35.5. The minimum absolute atomic E-state index is 0.0484. The average Bonchev–Trinajstić information content (AvgIpc) is 2.72. The highest BCUT2D eigenvalue weighted by Crippen LogP contribution is 2.22. The van der Waals surface area contributed by atoms with Crippen LogP contribution in [0.2, 0.25) is 4.34 Å². The van der Waals surface area contributed by atoms with Crippen LogP contribution in [0.5, 0.6) is 0 Å². The highest BCUT2D eigenvalue weighted by molar-refractivity contribution is 7.16. The number of halogens is 1. The molecule has 0 aliphatic rings. The maximum absolute atomic E-state index is 11.8. The molecule has 1 N–H and O–H groups in total. The zero-order chi connectivity index (χ0) is 12.7. The van der Waals surface area contributed by atoms with Crippen LogP contribution in [0.4, 0.5) is 0 Å². The first-order valence-corrected chi connectivity index (χ1v) is 6.53. The van der Waals surface area contributed by atoms with Crippen molar-refractivity contribution in [1.29, 1.82) is 0 Å². The van der Waals surface area contributed by atoms with Crippen molar-refractivity contribution < 1.29 is 4.79 Å². The summed E-state index contributed by atoms with van der Waals surface area (Å²) in [7, 11) is 0. The molecule has 0 atom stereocenters. The molecular formula is C12H15ClN2OS. The van der Waals surface area contributed by atoms with Crippen LogP contribution in [-0.2, 0) is 11.3 Å². The summed E-state index contributed by atoms with van der Waals surface area (Å²) in [6.45, 7) is 3.91. The lowest BCUT2D eigenvalue weighted by Crippen LogP contribution is -2.37. The third kappa shape index (κ3) is 4.78. The molecule has 1 amide bonds. The molecule has 0 saturated carbocycles. The summed E-state index contributed by atoms with van der Waals surface area (Å²) in [5.41, 5.74) is 0.